The summed E-state index contributed by atoms with van der Waals surface area (Å²) in [5.74, 6) is 1.22. The summed E-state index contributed by atoms with van der Waals surface area (Å²) in [6.45, 7) is 30.0. The molecule has 615 valence electrons. The fourth-order valence-corrected chi connectivity index (χ4v) is 16.2. The molecule has 2 saturated heterocycles. The minimum absolute atomic E-state index is 0. The number of thiazole rings is 5. The van der Waals surface area contributed by atoms with Gasteiger partial charge in [-0.15, -0.1) is 56.7 Å². The molecule has 15 rings (SSSR count). The zero-order valence-electron chi connectivity index (χ0n) is 69.8. The number of hydrogen-bond acceptors (Lipinski definition) is 21. The Hall–Kier alpha value is -7.03. The average molecular weight is 1780 g/mol. The largest absolute Gasteiger partial charge is 1.00 e. The van der Waals surface area contributed by atoms with E-state index in [-0.39, 0.29) is 82.7 Å². The molecule has 5 atom stereocenters. The van der Waals surface area contributed by atoms with Gasteiger partial charge in [0.05, 0.1) is 68.8 Å². The Morgan fingerprint density at radius 3 is 1.31 bits per heavy atom. The minimum Gasteiger partial charge on any atom is -1.00 e. The van der Waals surface area contributed by atoms with Gasteiger partial charge in [0.25, 0.3) is 0 Å². The van der Waals surface area contributed by atoms with E-state index < -0.39 is 38.8 Å². The number of nitrogens with zero attached hydrogens (tertiary/aromatic N) is 8. The quantitative estimate of drug-likeness (QED) is 0.0725. The van der Waals surface area contributed by atoms with Gasteiger partial charge in [0.2, 0.25) is 5.88 Å². The van der Waals surface area contributed by atoms with Crippen LogP contribution in [0, 0.1) is 23.7 Å². The van der Waals surface area contributed by atoms with Crippen LogP contribution in [0.3, 0.4) is 0 Å². The summed E-state index contributed by atoms with van der Waals surface area (Å²) in [5.41, 5.74) is 14.7. The molecule has 5 aliphatic heterocycles. The van der Waals surface area contributed by atoms with Crippen LogP contribution in [-0.2, 0) is 33.1 Å². The molecule has 5 unspecified atom stereocenters. The molecule has 1 N–H and O–H groups in total. The first kappa shape index (κ1) is 95.4. The molecular formula is C86H101B2BrF3N9NaO9S6. The van der Waals surface area contributed by atoms with Gasteiger partial charge in [-0.05, 0) is 206 Å². The van der Waals surface area contributed by atoms with E-state index in [2.05, 4.69) is 219 Å². The summed E-state index contributed by atoms with van der Waals surface area (Å²) < 4.78 is 87.3. The maximum atomic E-state index is 12.7. The van der Waals surface area contributed by atoms with E-state index >= 15 is 0 Å². The Labute approximate surface area is 741 Å². The number of amides is 2. The molecule has 18 nitrogen and oxygen atoms in total. The summed E-state index contributed by atoms with van der Waals surface area (Å²) in [7, 11) is -6.14. The van der Waals surface area contributed by atoms with Gasteiger partial charge in [-0.3, -0.25) is 34.8 Å². The number of hydrogen-bond donors (Lipinski definition) is 1. The number of ether oxygens (including phenoxy) is 2. The molecule has 117 heavy (non-hydrogen) atoms. The molecule has 2 fully saturated rings. The van der Waals surface area contributed by atoms with Gasteiger partial charge in [-0.1, -0.05) is 159 Å². The number of piperidine rings is 1. The van der Waals surface area contributed by atoms with Crippen LogP contribution >= 0.6 is 72.6 Å². The molecule has 5 aliphatic rings. The van der Waals surface area contributed by atoms with Crippen LogP contribution in [-0.4, -0.2) is 131 Å². The number of aromatic nitrogens is 5. The van der Waals surface area contributed by atoms with Crippen LogP contribution in [0.4, 0.5) is 22.8 Å². The maximum Gasteiger partial charge on any atom is 1.00 e. The number of alkyl halides is 3. The molecule has 31 heteroatoms. The monoisotopic (exact) mass is 1780 g/mol. The second kappa shape index (κ2) is 43.0. The van der Waals surface area contributed by atoms with E-state index in [4.69, 9.17) is 18.8 Å². The number of nitrogens with one attached hydrogen (secondary N) is 1. The topological polar surface area (TPSA) is 210 Å². The number of aliphatic imine (C=N–C) groups is 1. The summed E-state index contributed by atoms with van der Waals surface area (Å²) in [6.07, 6.45) is 17.7. The molecule has 3 radical (unpaired) electrons. The zero-order valence-corrected chi connectivity index (χ0v) is 77.3. The molecular weight excluding hydrogens is 1680 g/mol. The van der Waals surface area contributed by atoms with Crippen molar-refractivity contribution in [3.05, 3.63) is 219 Å². The first-order valence-corrected chi connectivity index (χ1v) is 44.7. The van der Waals surface area contributed by atoms with Gasteiger partial charge < -0.3 is 29.7 Å². The van der Waals surface area contributed by atoms with Crippen molar-refractivity contribution in [2.75, 3.05) is 26.2 Å². The number of halogens is 4. The van der Waals surface area contributed by atoms with Crippen molar-refractivity contribution in [3.63, 3.8) is 0 Å². The fraction of sp³-hybridized carbons (Fsp3) is 0.395. The van der Waals surface area contributed by atoms with Gasteiger partial charge in [0, 0.05) is 75.3 Å². The fourth-order valence-electron chi connectivity index (χ4n) is 12.3. The van der Waals surface area contributed by atoms with Gasteiger partial charge in [0.1, 0.15) is 11.2 Å². The first-order chi connectivity index (χ1) is 54.5. The van der Waals surface area contributed by atoms with Gasteiger partial charge >= 0.3 is 64.5 Å². The van der Waals surface area contributed by atoms with Crippen molar-refractivity contribution in [3.8, 4) is 52.2 Å². The van der Waals surface area contributed by atoms with E-state index in [9.17, 15) is 31.2 Å². The maximum absolute atomic E-state index is 12.7. The van der Waals surface area contributed by atoms with Crippen molar-refractivity contribution in [2.24, 2.45) is 28.7 Å². The summed E-state index contributed by atoms with van der Waals surface area (Å²) in [6, 6.07) is 43.0. The van der Waals surface area contributed by atoms with E-state index in [0.717, 1.165) is 80.4 Å². The van der Waals surface area contributed by atoms with Gasteiger partial charge in [-0.2, -0.15) is 21.6 Å². The first-order valence-electron chi connectivity index (χ1n) is 38.1. The van der Waals surface area contributed by atoms with E-state index in [1.54, 1.807) is 89.3 Å². The average Bonchev–Trinajstić information content (AvgIpc) is 1.62. The Balaban J connectivity index is 0.000000196. The molecule has 10 heterocycles. The van der Waals surface area contributed by atoms with Gasteiger partial charge in [0.15, 0.2) is 0 Å². The molecule has 5 aromatic carbocycles. The van der Waals surface area contributed by atoms with Crippen LogP contribution in [0.5, 0.6) is 0 Å². The van der Waals surface area contributed by atoms with Crippen LogP contribution in [0.1, 0.15) is 160 Å². The molecule has 10 aromatic rings. The Kier molecular flexibility index (Phi) is 35.0. The van der Waals surface area contributed by atoms with Crippen molar-refractivity contribution < 1.29 is 85.1 Å². The third-order valence-electron chi connectivity index (χ3n) is 19.4. The van der Waals surface area contributed by atoms with Crippen molar-refractivity contribution in [1.29, 1.82) is 0 Å². The third kappa shape index (κ3) is 28.0. The number of carbonyl (C=O) groups is 2. The normalized spacial score (nSPS) is 18.9. The Morgan fingerprint density at radius 1 is 0.538 bits per heavy atom. The third-order valence-corrected chi connectivity index (χ3v) is 25.0. The molecule has 0 aliphatic carbocycles. The van der Waals surface area contributed by atoms with Crippen LogP contribution in [0.25, 0.3) is 57.9 Å². The predicted octanol–water partition coefficient (Wildman–Crippen LogP) is 19.7. The van der Waals surface area contributed by atoms with Crippen LogP contribution in [0.15, 0.2) is 207 Å². The predicted molar refractivity (Wildman–Crippen MR) is 473 cm³/mol. The SMILES string of the molecule is Brc1ccc(-c2cncs2)cc1.CC1(C)OB(c2ccc(-c3cncs3)cc2)OC1(C)C.CC1CC=C(OS(=O)(=O)C(F)(F)F)N(C(=O)OC(C)(C)C)C1.CC1CC=C(c2ccc(-c3cncs3)cc2)N(C(=O)OC(C)(C)C)C1.CC1CCC(c2ccc(-c3cncs3)cc2)=NC1.CC1CCC(c2ccc(-c3cncs3)cc2)NC1.[B].[H-].[Na+]. The molecule has 5 aromatic heterocycles. The summed E-state index contributed by atoms with van der Waals surface area (Å²) in [5, 5.41) is 3.63. The minimum atomic E-state index is -5.84. The Morgan fingerprint density at radius 2 is 0.923 bits per heavy atom. The van der Waals surface area contributed by atoms with E-state index in [1.807, 2.05) is 91.4 Å². The van der Waals surface area contributed by atoms with Crippen molar-refractivity contribution in [1.82, 2.24) is 40.0 Å². The second-order valence-electron chi connectivity index (χ2n) is 31.9. The number of carbonyl (C=O) groups excluding carboxylic acids is 2. The molecule has 0 saturated carbocycles. The second-order valence-corrected chi connectivity index (χ2v) is 38.8. The number of allylic oxidation sites excluding steroid dienone is 2. The van der Waals surface area contributed by atoms with Crippen LogP contribution in [0.2, 0.25) is 0 Å². The standard InChI is InChI=1S/C20H24N2O2S.C15H18BNO2S.C15H18N2S.C15H16N2S.C12H18F3NO5S.C9H6BrNS.B.Na.H/c1-14-5-10-17(22(12-14)19(23)24-20(2,3)4)15-6-8-16(9-7-15)18-11-21-13-25-18;1-14(2)15(3,4)19-16(18-14)12-7-5-11(6-8-12)13-9-17-10-20-13;2*1-11-2-7-14(17-8-11)12-3-5-13(6-4-12)15-9-16-10-18-15;1-8-5-6-9(21-22(18,19)12(13,14)15)16(7-8)10(17)20-11(2,3)4;10-8-3-1-7(2-4-8)9-5-11-6-12-9;;;/h6-11,13-14H,5,12H2,1-4H3;5-10H,1-4H3;3-6,9-11,14,17H,2,7-8H2,1H3;3-6,9-11H,2,7-8H2,1H3;6,8H,5,7H2,1-4H3;1-6H;;;/q;;;;;;;+1;-1. The molecule has 2 amide bonds. The van der Waals surface area contributed by atoms with Crippen molar-refractivity contribution in [2.45, 2.75) is 169 Å². The van der Waals surface area contributed by atoms with Crippen molar-refractivity contribution >= 4 is 127 Å². The van der Waals surface area contributed by atoms with E-state index in [0.29, 0.717) is 18.5 Å². The van der Waals surface area contributed by atoms with Crippen LogP contribution < -0.4 is 40.3 Å². The molecule has 0 bridgehead atoms. The van der Waals surface area contributed by atoms with Gasteiger partial charge in [-0.25, -0.2) is 14.5 Å². The number of benzene rings is 5. The summed E-state index contributed by atoms with van der Waals surface area (Å²) >= 11 is 11.7. The smallest absolute Gasteiger partial charge is 1.00 e. The zero-order chi connectivity index (χ0) is 82.9. The number of rotatable bonds is 11. The van der Waals surface area contributed by atoms with E-state index in [1.165, 1.54) is 77.9 Å². The Bertz CT molecular complexity index is 4910. The molecule has 0 spiro atoms. The summed E-state index contributed by atoms with van der Waals surface area (Å²) in [4.78, 5) is 58.3.